The van der Waals surface area contributed by atoms with Crippen LogP contribution in [0, 0.1) is 6.92 Å². The molecule has 0 atom stereocenters. The average molecular weight is 466 g/mol. The summed E-state index contributed by atoms with van der Waals surface area (Å²) in [4.78, 5) is 15.9. The minimum Gasteiger partial charge on any atom is -0.493 e. The number of anilines is 2. The summed E-state index contributed by atoms with van der Waals surface area (Å²) in [6, 6.07) is 4.25. The number of nitrogens with zero attached hydrogens (tertiary/aromatic N) is 4. The number of halogens is 3. The van der Waals surface area contributed by atoms with Crippen molar-refractivity contribution in [1.29, 1.82) is 0 Å². The molecule has 2 aromatic heterocycles. The highest BCUT2D eigenvalue weighted by Crippen LogP contribution is 2.35. The van der Waals surface area contributed by atoms with Gasteiger partial charge in [-0.2, -0.15) is 13.2 Å². The highest BCUT2D eigenvalue weighted by molar-refractivity contribution is 5.91. The number of fused-ring (bicyclic) bond motifs is 1. The SMILES string of the molecule is COc1cc2nc(C)nc(NCc3cc(C(F)(F)F)nc(N)n3)c2cc1OCC(C)(C)OC. The second kappa shape index (κ2) is 9.22. The summed E-state index contributed by atoms with van der Waals surface area (Å²) in [5.74, 6) is 1.29. The number of methoxy groups -OCH3 is 2. The van der Waals surface area contributed by atoms with E-state index in [4.69, 9.17) is 19.9 Å². The zero-order valence-electron chi connectivity index (χ0n) is 18.9. The van der Waals surface area contributed by atoms with Crippen LogP contribution in [0.5, 0.6) is 11.5 Å². The lowest BCUT2D eigenvalue weighted by Gasteiger charge is -2.23. The van der Waals surface area contributed by atoms with E-state index in [1.807, 2.05) is 13.8 Å². The Bertz CT molecular complexity index is 1150. The molecule has 0 unspecified atom stereocenters. The minimum atomic E-state index is -4.64. The Morgan fingerprint density at radius 3 is 2.36 bits per heavy atom. The number of aromatic nitrogens is 4. The van der Waals surface area contributed by atoms with Gasteiger partial charge in [0.25, 0.3) is 0 Å². The molecule has 0 aliphatic heterocycles. The maximum Gasteiger partial charge on any atom is 0.433 e. The van der Waals surface area contributed by atoms with Gasteiger partial charge in [-0.05, 0) is 32.9 Å². The smallest absolute Gasteiger partial charge is 0.433 e. The molecule has 2 heterocycles. The first-order chi connectivity index (χ1) is 15.4. The molecule has 0 aliphatic rings. The molecule has 0 aliphatic carbocycles. The molecule has 0 bridgehead atoms. The van der Waals surface area contributed by atoms with Crippen molar-refractivity contribution >= 4 is 22.7 Å². The maximum atomic E-state index is 13.0. The van der Waals surface area contributed by atoms with Crippen LogP contribution in [0.15, 0.2) is 18.2 Å². The van der Waals surface area contributed by atoms with Gasteiger partial charge in [0.05, 0.1) is 30.5 Å². The van der Waals surface area contributed by atoms with Crippen molar-refractivity contribution < 1.29 is 27.4 Å². The predicted octanol–water partition coefficient (Wildman–Crippen LogP) is 3.75. The van der Waals surface area contributed by atoms with E-state index in [9.17, 15) is 13.2 Å². The van der Waals surface area contributed by atoms with Crippen molar-refractivity contribution in [3.63, 3.8) is 0 Å². The number of hydrogen-bond acceptors (Lipinski definition) is 9. The topological polar surface area (TPSA) is 117 Å². The molecule has 3 aromatic rings. The van der Waals surface area contributed by atoms with Crippen molar-refractivity contribution in [1.82, 2.24) is 19.9 Å². The Hall–Kier alpha value is -3.41. The summed E-state index contributed by atoms with van der Waals surface area (Å²) in [7, 11) is 3.10. The monoisotopic (exact) mass is 466 g/mol. The normalized spacial score (nSPS) is 12.1. The van der Waals surface area contributed by atoms with Gasteiger partial charge in [-0.1, -0.05) is 0 Å². The summed E-state index contributed by atoms with van der Waals surface area (Å²) in [6.45, 7) is 5.64. The average Bonchev–Trinajstić information content (AvgIpc) is 2.74. The van der Waals surface area contributed by atoms with E-state index in [-0.39, 0.29) is 18.8 Å². The highest BCUT2D eigenvalue weighted by atomic mass is 19.4. The van der Waals surface area contributed by atoms with Crippen LogP contribution in [-0.4, -0.2) is 46.4 Å². The Kier molecular flexibility index (Phi) is 6.77. The van der Waals surface area contributed by atoms with E-state index in [2.05, 4.69) is 25.3 Å². The molecule has 3 rings (SSSR count). The van der Waals surface area contributed by atoms with Crippen LogP contribution in [0.4, 0.5) is 24.9 Å². The first-order valence-corrected chi connectivity index (χ1v) is 9.90. The number of aryl methyl sites for hydroxylation is 1. The summed E-state index contributed by atoms with van der Waals surface area (Å²) in [5.41, 5.74) is 4.44. The minimum absolute atomic E-state index is 0.0612. The number of ether oxygens (including phenoxy) is 3. The third kappa shape index (κ3) is 5.89. The Balaban J connectivity index is 1.96. The second-order valence-corrected chi connectivity index (χ2v) is 7.85. The zero-order valence-corrected chi connectivity index (χ0v) is 18.9. The van der Waals surface area contributed by atoms with Gasteiger partial charge in [0, 0.05) is 18.6 Å². The van der Waals surface area contributed by atoms with Crippen LogP contribution in [-0.2, 0) is 17.5 Å². The molecule has 0 fully saturated rings. The number of hydrogen-bond donors (Lipinski definition) is 2. The predicted molar refractivity (Wildman–Crippen MR) is 116 cm³/mol. The number of rotatable bonds is 8. The third-order valence-electron chi connectivity index (χ3n) is 4.74. The van der Waals surface area contributed by atoms with Crippen LogP contribution in [0.3, 0.4) is 0 Å². The lowest BCUT2D eigenvalue weighted by Crippen LogP contribution is -2.30. The van der Waals surface area contributed by atoms with Crippen LogP contribution < -0.4 is 20.5 Å². The fourth-order valence-electron chi connectivity index (χ4n) is 2.90. The van der Waals surface area contributed by atoms with Crippen LogP contribution in [0.25, 0.3) is 10.9 Å². The van der Waals surface area contributed by atoms with Gasteiger partial charge in [0.15, 0.2) is 11.5 Å². The van der Waals surface area contributed by atoms with Gasteiger partial charge in [0.1, 0.15) is 23.9 Å². The molecular weight excluding hydrogens is 441 g/mol. The number of nitrogens with one attached hydrogen (secondary N) is 1. The Morgan fingerprint density at radius 2 is 1.73 bits per heavy atom. The largest absolute Gasteiger partial charge is 0.493 e. The van der Waals surface area contributed by atoms with E-state index in [0.29, 0.717) is 34.0 Å². The molecule has 33 heavy (non-hydrogen) atoms. The maximum absolute atomic E-state index is 13.0. The molecule has 1 aromatic carbocycles. The summed E-state index contributed by atoms with van der Waals surface area (Å²) in [6.07, 6.45) is -4.64. The van der Waals surface area contributed by atoms with Gasteiger partial charge in [0.2, 0.25) is 5.95 Å². The number of nitrogen functional groups attached to an aromatic ring is 1. The lowest BCUT2D eigenvalue weighted by atomic mass is 10.1. The van der Waals surface area contributed by atoms with E-state index in [1.54, 1.807) is 26.2 Å². The Labute approximate surface area is 188 Å². The van der Waals surface area contributed by atoms with E-state index < -0.39 is 23.4 Å². The molecule has 12 heteroatoms. The molecule has 178 valence electrons. The van der Waals surface area contributed by atoms with Crippen LogP contribution >= 0.6 is 0 Å². The highest BCUT2D eigenvalue weighted by Gasteiger charge is 2.33. The van der Waals surface area contributed by atoms with Crippen molar-refractivity contribution in [3.8, 4) is 11.5 Å². The number of benzene rings is 1. The fraction of sp³-hybridized carbons (Fsp3) is 0.429. The molecule has 0 amide bonds. The van der Waals surface area contributed by atoms with Gasteiger partial charge in [-0.3, -0.25) is 0 Å². The third-order valence-corrected chi connectivity index (χ3v) is 4.74. The summed E-state index contributed by atoms with van der Waals surface area (Å²) >= 11 is 0. The molecule has 9 nitrogen and oxygen atoms in total. The summed E-state index contributed by atoms with van der Waals surface area (Å²) < 4.78 is 55.9. The van der Waals surface area contributed by atoms with E-state index in [0.717, 1.165) is 6.07 Å². The molecule has 0 saturated heterocycles. The molecule has 0 spiro atoms. The van der Waals surface area contributed by atoms with Gasteiger partial charge < -0.3 is 25.3 Å². The lowest BCUT2D eigenvalue weighted by molar-refractivity contribution is -0.141. The molecular formula is C21H25F3N6O3. The molecule has 0 radical (unpaired) electrons. The standard InChI is InChI=1S/C21H25F3N6O3/c1-11-27-14-8-15(31-4)16(33-10-20(2,3)32-5)7-13(14)18(28-11)26-9-12-6-17(21(22,23)24)30-19(25)29-12/h6-8H,9-10H2,1-5H3,(H2,25,29,30)(H,26,27,28). The second-order valence-electron chi connectivity index (χ2n) is 7.85. The van der Waals surface area contributed by atoms with Gasteiger partial charge in [-0.15, -0.1) is 0 Å². The van der Waals surface area contributed by atoms with Gasteiger partial charge >= 0.3 is 6.18 Å². The van der Waals surface area contributed by atoms with Crippen LogP contribution in [0.1, 0.15) is 31.1 Å². The summed E-state index contributed by atoms with van der Waals surface area (Å²) in [5, 5.41) is 3.60. The fourth-order valence-corrected chi connectivity index (χ4v) is 2.90. The van der Waals surface area contributed by atoms with E-state index >= 15 is 0 Å². The van der Waals surface area contributed by atoms with Crippen molar-refractivity contribution in [2.45, 2.75) is 39.1 Å². The first-order valence-electron chi connectivity index (χ1n) is 9.90. The number of alkyl halides is 3. The van der Waals surface area contributed by atoms with Crippen molar-refractivity contribution in [2.75, 3.05) is 31.9 Å². The van der Waals surface area contributed by atoms with Gasteiger partial charge in [-0.25, -0.2) is 19.9 Å². The van der Waals surface area contributed by atoms with Crippen molar-refractivity contribution in [2.24, 2.45) is 0 Å². The first kappa shape index (κ1) is 24.2. The molecule has 3 N–H and O–H groups in total. The quantitative estimate of drug-likeness (QED) is 0.512. The van der Waals surface area contributed by atoms with Crippen molar-refractivity contribution in [3.05, 3.63) is 35.4 Å². The molecule has 0 saturated carbocycles. The van der Waals surface area contributed by atoms with Crippen LogP contribution in [0.2, 0.25) is 0 Å². The van der Waals surface area contributed by atoms with E-state index in [1.165, 1.54) is 7.11 Å². The number of nitrogens with two attached hydrogens (primary N) is 1. The Morgan fingerprint density at radius 1 is 1.00 bits per heavy atom. The zero-order chi connectivity index (χ0) is 24.4.